The Kier molecular flexibility index (Phi) is 6.18. The SMILES string of the molecule is CCCC(CC)CNCc1nc(-c2ccc3ncnn3c2)c(-c2cccc(C)n2)[nH]1. The van der Waals surface area contributed by atoms with Gasteiger partial charge < -0.3 is 10.3 Å². The molecule has 4 aromatic heterocycles. The van der Waals surface area contributed by atoms with Gasteiger partial charge in [-0.1, -0.05) is 32.8 Å². The fourth-order valence-electron chi connectivity index (χ4n) is 3.79. The summed E-state index contributed by atoms with van der Waals surface area (Å²) in [4.78, 5) is 17.4. The number of rotatable bonds is 9. The molecule has 0 aliphatic rings. The first-order chi connectivity index (χ1) is 14.7. The topological polar surface area (TPSA) is 83.8 Å². The molecule has 1 unspecified atom stereocenters. The number of pyridine rings is 2. The van der Waals surface area contributed by atoms with E-state index in [4.69, 9.17) is 9.97 Å². The van der Waals surface area contributed by atoms with Crippen molar-refractivity contribution >= 4 is 5.65 Å². The highest BCUT2D eigenvalue weighted by atomic mass is 15.3. The van der Waals surface area contributed by atoms with Crippen LogP contribution in [0.15, 0.2) is 42.9 Å². The van der Waals surface area contributed by atoms with Gasteiger partial charge in [0.2, 0.25) is 0 Å². The predicted octanol–water partition coefficient (Wildman–Crippen LogP) is 4.41. The van der Waals surface area contributed by atoms with E-state index in [1.807, 2.05) is 43.5 Å². The Morgan fingerprint density at radius 3 is 2.83 bits per heavy atom. The number of aryl methyl sites for hydroxylation is 1. The van der Waals surface area contributed by atoms with Gasteiger partial charge in [0, 0.05) is 17.5 Å². The molecule has 7 heteroatoms. The van der Waals surface area contributed by atoms with E-state index in [-0.39, 0.29) is 0 Å². The van der Waals surface area contributed by atoms with Crippen molar-refractivity contribution in [2.45, 2.75) is 46.6 Å². The van der Waals surface area contributed by atoms with Crippen LogP contribution in [-0.2, 0) is 6.54 Å². The third-order valence-electron chi connectivity index (χ3n) is 5.44. The third kappa shape index (κ3) is 4.41. The molecule has 0 aromatic carbocycles. The van der Waals surface area contributed by atoms with Crippen molar-refractivity contribution in [3.05, 3.63) is 54.4 Å². The number of hydrogen-bond acceptors (Lipinski definition) is 5. The van der Waals surface area contributed by atoms with Gasteiger partial charge in [0.1, 0.15) is 12.2 Å². The van der Waals surface area contributed by atoms with E-state index in [1.54, 1.807) is 10.8 Å². The number of aromatic amines is 1. The van der Waals surface area contributed by atoms with Gasteiger partial charge in [-0.05, 0) is 50.1 Å². The minimum absolute atomic E-state index is 0.699. The lowest BCUT2D eigenvalue weighted by atomic mass is 10.0. The van der Waals surface area contributed by atoms with E-state index >= 15 is 0 Å². The fourth-order valence-corrected chi connectivity index (χ4v) is 3.79. The van der Waals surface area contributed by atoms with Gasteiger partial charge in [0.05, 0.1) is 23.6 Å². The first-order valence-electron chi connectivity index (χ1n) is 10.7. The fraction of sp³-hybridized carbons (Fsp3) is 0.391. The zero-order valence-corrected chi connectivity index (χ0v) is 17.9. The molecule has 156 valence electrons. The molecule has 30 heavy (non-hydrogen) atoms. The van der Waals surface area contributed by atoms with E-state index in [9.17, 15) is 0 Å². The quantitative estimate of drug-likeness (QED) is 0.433. The first kappa shape index (κ1) is 20.2. The second-order valence-electron chi connectivity index (χ2n) is 7.75. The molecule has 0 radical (unpaired) electrons. The Labute approximate surface area is 177 Å². The molecule has 2 N–H and O–H groups in total. The highest BCUT2D eigenvalue weighted by Gasteiger charge is 2.16. The van der Waals surface area contributed by atoms with Crippen molar-refractivity contribution in [1.29, 1.82) is 0 Å². The van der Waals surface area contributed by atoms with Crippen molar-refractivity contribution in [3.8, 4) is 22.6 Å². The molecule has 1 atom stereocenters. The van der Waals surface area contributed by atoms with Crippen LogP contribution in [0.5, 0.6) is 0 Å². The van der Waals surface area contributed by atoms with Crippen molar-refractivity contribution in [2.24, 2.45) is 5.92 Å². The lowest BCUT2D eigenvalue weighted by molar-refractivity contribution is 0.426. The van der Waals surface area contributed by atoms with E-state index < -0.39 is 0 Å². The highest BCUT2D eigenvalue weighted by molar-refractivity contribution is 5.77. The van der Waals surface area contributed by atoms with Crippen molar-refractivity contribution in [1.82, 2.24) is 34.9 Å². The summed E-state index contributed by atoms with van der Waals surface area (Å²) in [5.74, 6) is 1.62. The summed E-state index contributed by atoms with van der Waals surface area (Å²) in [6, 6.07) is 10.0. The summed E-state index contributed by atoms with van der Waals surface area (Å²) in [5.41, 5.74) is 5.46. The maximum atomic E-state index is 4.93. The molecule has 0 fully saturated rings. The molecular weight excluding hydrogens is 374 g/mol. The lowest BCUT2D eigenvalue weighted by Crippen LogP contribution is -2.22. The summed E-state index contributed by atoms with van der Waals surface area (Å²) in [7, 11) is 0. The maximum absolute atomic E-state index is 4.93. The zero-order chi connectivity index (χ0) is 20.9. The summed E-state index contributed by atoms with van der Waals surface area (Å²) in [6.07, 6.45) is 7.19. The Bertz CT molecular complexity index is 1110. The summed E-state index contributed by atoms with van der Waals surface area (Å²) >= 11 is 0. The van der Waals surface area contributed by atoms with Crippen LogP contribution in [0.1, 0.15) is 44.6 Å². The summed E-state index contributed by atoms with van der Waals surface area (Å²) in [6.45, 7) is 8.21. The summed E-state index contributed by atoms with van der Waals surface area (Å²) < 4.78 is 1.77. The lowest BCUT2D eigenvalue weighted by Gasteiger charge is -2.13. The van der Waals surface area contributed by atoms with E-state index in [1.165, 1.54) is 19.3 Å². The average Bonchev–Trinajstić information content (AvgIpc) is 3.39. The zero-order valence-electron chi connectivity index (χ0n) is 17.9. The molecule has 0 amide bonds. The van der Waals surface area contributed by atoms with Crippen molar-refractivity contribution in [2.75, 3.05) is 6.54 Å². The molecule has 0 saturated carbocycles. The number of imidazole rings is 1. The molecule has 7 nitrogen and oxygen atoms in total. The largest absolute Gasteiger partial charge is 0.339 e. The van der Waals surface area contributed by atoms with Crippen LogP contribution < -0.4 is 5.32 Å². The first-order valence-corrected chi connectivity index (χ1v) is 10.7. The number of H-pyrrole nitrogens is 1. The Balaban J connectivity index is 1.65. The minimum atomic E-state index is 0.699. The molecule has 4 aromatic rings. The van der Waals surface area contributed by atoms with Crippen LogP contribution in [0, 0.1) is 12.8 Å². The maximum Gasteiger partial charge on any atom is 0.155 e. The Morgan fingerprint density at radius 2 is 2.03 bits per heavy atom. The van der Waals surface area contributed by atoms with Crippen molar-refractivity contribution < 1.29 is 0 Å². The predicted molar refractivity (Wildman–Crippen MR) is 119 cm³/mol. The third-order valence-corrected chi connectivity index (χ3v) is 5.44. The van der Waals surface area contributed by atoms with Gasteiger partial charge in [0.15, 0.2) is 5.65 Å². The molecule has 0 spiro atoms. The smallest absolute Gasteiger partial charge is 0.155 e. The van der Waals surface area contributed by atoms with Gasteiger partial charge >= 0.3 is 0 Å². The van der Waals surface area contributed by atoms with Gasteiger partial charge in [-0.3, -0.25) is 4.98 Å². The molecular formula is C23H29N7. The number of hydrogen-bond donors (Lipinski definition) is 2. The van der Waals surface area contributed by atoms with E-state index in [0.29, 0.717) is 12.5 Å². The molecule has 0 bridgehead atoms. The van der Waals surface area contributed by atoms with E-state index in [2.05, 4.69) is 34.2 Å². The number of fused-ring (bicyclic) bond motifs is 1. The monoisotopic (exact) mass is 403 g/mol. The van der Waals surface area contributed by atoms with Gasteiger partial charge in [-0.25, -0.2) is 14.5 Å². The van der Waals surface area contributed by atoms with Crippen LogP contribution in [0.2, 0.25) is 0 Å². The molecule has 0 aliphatic heterocycles. The van der Waals surface area contributed by atoms with Gasteiger partial charge in [-0.2, -0.15) is 5.10 Å². The van der Waals surface area contributed by atoms with Crippen LogP contribution in [-0.4, -0.2) is 36.1 Å². The molecule has 4 rings (SSSR count). The normalized spacial score (nSPS) is 12.5. The minimum Gasteiger partial charge on any atom is -0.339 e. The van der Waals surface area contributed by atoms with Crippen LogP contribution in [0.25, 0.3) is 28.3 Å². The van der Waals surface area contributed by atoms with Gasteiger partial charge in [0.25, 0.3) is 0 Å². The standard InChI is InChI=1S/C23H29N7/c1-4-7-17(5-2)12-24-13-20-28-22(18-10-11-21-25-15-26-30(21)14-18)23(29-20)19-9-6-8-16(3)27-19/h6,8-11,14-15,17,24H,4-5,7,12-13H2,1-3H3,(H,28,29). The molecule has 4 heterocycles. The molecule has 0 saturated heterocycles. The van der Waals surface area contributed by atoms with Crippen LogP contribution in [0.3, 0.4) is 0 Å². The van der Waals surface area contributed by atoms with Gasteiger partial charge in [-0.15, -0.1) is 0 Å². The number of nitrogens with one attached hydrogen (secondary N) is 2. The van der Waals surface area contributed by atoms with E-state index in [0.717, 1.165) is 46.4 Å². The Hall–Kier alpha value is -3.06. The molecule has 0 aliphatic carbocycles. The number of aromatic nitrogens is 6. The second-order valence-corrected chi connectivity index (χ2v) is 7.75. The van der Waals surface area contributed by atoms with Crippen LogP contribution >= 0.6 is 0 Å². The summed E-state index contributed by atoms with van der Waals surface area (Å²) in [5, 5.41) is 7.84. The number of nitrogens with zero attached hydrogens (tertiary/aromatic N) is 5. The second kappa shape index (κ2) is 9.17. The Morgan fingerprint density at radius 1 is 1.13 bits per heavy atom. The average molecular weight is 404 g/mol. The highest BCUT2D eigenvalue weighted by Crippen LogP contribution is 2.29. The van der Waals surface area contributed by atoms with Crippen LogP contribution in [0.4, 0.5) is 0 Å². The van der Waals surface area contributed by atoms with Crippen molar-refractivity contribution in [3.63, 3.8) is 0 Å².